The summed E-state index contributed by atoms with van der Waals surface area (Å²) in [6, 6.07) is 0. The van der Waals surface area contributed by atoms with Crippen LogP contribution in [-0.2, 0) is 14.6 Å². The number of amides is 1. The van der Waals surface area contributed by atoms with Crippen molar-refractivity contribution in [1.29, 1.82) is 0 Å². The van der Waals surface area contributed by atoms with Gasteiger partial charge < -0.3 is 10.6 Å². The number of nitrogens with two attached hydrogens (primary N) is 1. The summed E-state index contributed by atoms with van der Waals surface area (Å²) in [4.78, 5) is 13.0. The Morgan fingerprint density at radius 2 is 1.94 bits per heavy atom. The molecule has 96 valence electrons. The Labute approximate surface area is 97.9 Å². The third-order valence-electron chi connectivity index (χ3n) is 2.05. The summed E-state index contributed by atoms with van der Waals surface area (Å²) >= 11 is 0. The van der Waals surface area contributed by atoms with Crippen molar-refractivity contribution in [2.75, 3.05) is 31.6 Å². The lowest BCUT2D eigenvalue weighted by molar-refractivity contribution is -0.127. The van der Waals surface area contributed by atoms with E-state index in [1.807, 2.05) is 13.8 Å². The Balaban J connectivity index is 4.22. The molecule has 6 heteroatoms. The molecule has 1 amide bonds. The van der Waals surface area contributed by atoms with E-state index in [-0.39, 0.29) is 17.6 Å². The molecule has 0 atom stereocenters. The van der Waals surface area contributed by atoms with Crippen LogP contribution in [0.4, 0.5) is 0 Å². The minimum atomic E-state index is -3.27. The van der Waals surface area contributed by atoms with E-state index in [1.165, 1.54) is 4.90 Å². The highest BCUT2D eigenvalue weighted by atomic mass is 32.2. The molecule has 0 aromatic heterocycles. The van der Waals surface area contributed by atoms with Gasteiger partial charge in [0.25, 0.3) is 0 Å². The quantitative estimate of drug-likeness (QED) is 0.682. The smallest absolute Gasteiger partial charge is 0.237 e. The number of nitrogens with zero attached hydrogens (tertiary/aromatic N) is 1. The third kappa shape index (κ3) is 6.79. The fraction of sp³-hybridized carbons (Fsp3) is 0.900. The summed E-state index contributed by atoms with van der Waals surface area (Å²) < 4.78 is 23.1. The number of hydrogen-bond acceptors (Lipinski definition) is 4. The van der Waals surface area contributed by atoms with Crippen molar-refractivity contribution in [3.8, 4) is 0 Å². The van der Waals surface area contributed by atoms with Gasteiger partial charge in [0.1, 0.15) is 5.75 Å². The van der Waals surface area contributed by atoms with E-state index < -0.39 is 15.6 Å². The number of hydrogen-bond donors (Lipinski definition) is 1. The van der Waals surface area contributed by atoms with Crippen LogP contribution in [0.15, 0.2) is 0 Å². The van der Waals surface area contributed by atoms with E-state index in [2.05, 4.69) is 0 Å². The summed E-state index contributed by atoms with van der Waals surface area (Å²) in [6.07, 6.45) is 0.687. The van der Waals surface area contributed by atoms with Gasteiger partial charge >= 0.3 is 0 Å². The van der Waals surface area contributed by atoms with Crippen molar-refractivity contribution in [3.05, 3.63) is 0 Å². The van der Waals surface area contributed by atoms with E-state index >= 15 is 0 Å². The molecule has 0 aliphatic carbocycles. The van der Waals surface area contributed by atoms with Crippen molar-refractivity contribution in [2.24, 2.45) is 11.7 Å². The van der Waals surface area contributed by atoms with Gasteiger partial charge in [-0.3, -0.25) is 4.79 Å². The highest BCUT2D eigenvalue weighted by Gasteiger charge is 2.20. The van der Waals surface area contributed by atoms with Gasteiger partial charge in [0, 0.05) is 13.6 Å². The van der Waals surface area contributed by atoms with Crippen molar-refractivity contribution in [2.45, 2.75) is 20.3 Å². The second kappa shape index (κ2) is 6.85. The summed E-state index contributed by atoms with van der Waals surface area (Å²) in [6.45, 7) is 4.64. The Hall–Kier alpha value is -0.620. The molecular formula is C10H22N2O3S. The van der Waals surface area contributed by atoms with Gasteiger partial charge in [0.05, 0.1) is 5.75 Å². The lowest BCUT2D eigenvalue weighted by atomic mass is 10.3. The maximum atomic E-state index is 11.6. The fourth-order valence-corrected chi connectivity index (χ4v) is 3.05. The van der Waals surface area contributed by atoms with Gasteiger partial charge in [-0.1, -0.05) is 13.8 Å². The van der Waals surface area contributed by atoms with Crippen LogP contribution in [0.5, 0.6) is 0 Å². The number of rotatable bonds is 7. The summed E-state index contributed by atoms with van der Waals surface area (Å²) in [5.74, 6) is -0.642. The summed E-state index contributed by atoms with van der Waals surface area (Å²) in [7, 11) is -1.67. The molecule has 2 N–H and O–H groups in total. The second-order valence-corrected chi connectivity index (χ2v) is 6.52. The molecule has 0 radical (unpaired) electrons. The van der Waals surface area contributed by atoms with E-state index in [1.54, 1.807) is 7.05 Å². The van der Waals surface area contributed by atoms with E-state index in [0.717, 1.165) is 0 Å². The van der Waals surface area contributed by atoms with Gasteiger partial charge in [-0.25, -0.2) is 8.42 Å². The molecule has 0 aromatic rings. The maximum Gasteiger partial charge on any atom is 0.237 e. The first kappa shape index (κ1) is 15.4. The fourth-order valence-electron chi connectivity index (χ4n) is 1.32. The van der Waals surface area contributed by atoms with Gasteiger partial charge in [0.15, 0.2) is 9.84 Å². The Kier molecular flexibility index (Phi) is 6.59. The zero-order valence-corrected chi connectivity index (χ0v) is 11.1. The SMILES string of the molecule is CC(C)CS(=O)(=O)CC(=O)N(C)CCCN. The Morgan fingerprint density at radius 1 is 1.38 bits per heavy atom. The van der Waals surface area contributed by atoms with Crippen molar-refractivity contribution >= 4 is 15.7 Å². The van der Waals surface area contributed by atoms with Crippen molar-refractivity contribution < 1.29 is 13.2 Å². The highest BCUT2D eigenvalue weighted by Crippen LogP contribution is 2.02. The third-order valence-corrected chi connectivity index (χ3v) is 3.92. The Morgan fingerprint density at radius 3 is 2.38 bits per heavy atom. The van der Waals surface area contributed by atoms with Gasteiger partial charge in [-0.05, 0) is 18.9 Å². The van der Waals surface area contributed by atoms with Gasteiger partial charge in [-0.15, -0.1) is 0 Å². The minimum absolute atomic E-state index is 0.0483. The lowest BCUT2D eigenvalue weighted by Gasteiger charge is -2.17. The number of sulfone groups is 1. The van der Waals surface area contributed by atoms with Crippen LogP contribution in [0.2, 0.25) is 0 Å². The molecule has 5 nitrogen and oxygen atoms in total. The molecule has 16 heavy (non-hydrogen) atoms. The van der Waals surface area contributed by atoms with Crippen LogP contribution in [0.3, 0.4) is 0 Å². The van der Waals surface area contributed by atoms with E-state index in [0.29, 0.717) is 19.5 Å². The first-order chi connectivity index (χ1) is 7.28. The molecule has 0 saturated carbocycles. The van der Waals surface area contributed by atoms with Gasteiger partial charge in [-0.2, -0.15) is 0 Å². The molecule has 0 spiro atoms. The minimum Gasteiger partial charge on any atom is -0.345 e. The summed E-state index contributed by atoms with van der Waals surface area (Å²) in [5.41, 5.74) is 5.31. The molecule has 0 rings (SSSR count). The van der Waals surface area contributed by atoms with Crippen LogP contribution >= 0.6 is 0 Å². The molecule has 0 aromatic carbocycles. The molecule has 0 fully saturated rings. The molecule has 0 unspecified atom stereocenters. The zero-order valence-electron chi connectivity index (χ0n) is 10.3. The highest BCUT2D eigenvalue weighted by molar-refractivity contribution is 7.92. The van der Waals surface area contributed by atoms with Crippen LogP contribution < -0.4 is 5.73 Å². The monoisotopic (exact) mass is 250 g/mol. The van der Waals surface area contributed by atoms with Crippen molar-refractivity contribution in [3.63, 3.8) is 0 Å². The topological polar surface area (TPSA) is 80.5 Å². The Bertz CT molecular complexity index is 312. The van der Waals surface area contributed by atoms with Crippen molar-refractivity contribution in [1.82, 2.24) is 4.90 Å². The predicted octanol–water partition coefficient (Wildman–Crippen LogP) is -0.136. The first-order valence-corrected chi connectivity index (χ1v) is 7.25. The van der Waals surface area contributed by atoms with Crippen LogP contribution in [0, 0.1) is 5.92 Å². The van der Waals surface area contributed by atoms with Crippen LogP contribution in [-0.4, -0.2) is 50.9 Å². The largest absolute Gasteiger partial charge is 0.345 e. The normalized spacial score (nSPS) is 11.8. The molecule has 0 saturated heterocycles. The van der Waals surface area contributed by atoms with Gasteiger partial charge in [0.2, 0.25) is 5.91 Å². The average Bonchev–Trinajstić information content (AvgIpc) is 2.10. The maximum absolute atomic E-state index is 11.6. The zero-order chi connectivity index (χ0) is 12.8. The second-order valence-electron chi connectivity index (χ2n) is 4.41. The number of carbonyl (C=O) groups excluding carboxylic acids is 1. The van der Waals surface area contributed by atoms with Crippen LogP contribution in [0.25, 0.3) is 0 Å². The molecule has 0 heterocycles. The average molecular weight is 250 g/mol. The number of carbonyl (C=O) groups is 1. The first-order valence-electron chi connectivity index (χ1n) is 5.43. The predicted molar refractivity (Wildman–Crippen MR) is 64.8 cm³/mol. The van der Waals surface area contributed by atoms with Crippen LogP contribution in [0.1, 0.15) is 20.3 Å². The standard InChI is InChI=1S/C10H22N2O3S/c1-9(2)7-16(14,15)8-10(13)12(3)6-4-5-11/h9H,4-8,11H2,1-3H3. The van der Waals surface area contributed by atoms with E-state index in [4.69, 9.17) is 5.73 Å². The molecule has 0 aliphatic rings. The summed E-state index contributed by atoms with van der Waals surface area (Å²) in [5, 5.41) is 0. The molecule has 0 aliphatic heterocycles. The lowest BCUT2D eigenvalue weighted by Crippen LogP contribution is -2.35. The molecule has 0 bridgehead atoms. The molecular weight excluding hydrogens is 228 g/mol. The van der Waals surface area contributed by atoms with E-state index in [9.17, 15) is 13.2 Å².